The van der Waals surface area contributed by atoms with Crippen molar-refractivity contribution in [3.05, 3.63) is 192 Å². The third-order valence-corrected chi connectivity index (χ3v) is 6.15. The van der Waals surface area contributed by atoms with Gasteiger partial charge in [-0.2, -0.15) is 62.3 Å². The predicted molar refractivity (Wildman–Crippen MR) is 171 cm³/mol. The first kappa shape index (κ1) is 33.6. The van der Waals surface area contributed by atoms with Gasteiger partial charge in [-0.15, -0.1) is 30.0 Å². The van der Waals surface area contributed by atoms with E-state index in [0.717, 1.165) is 28.9 Å². The largest absolute Gasteiger partial charge is 4.00 e. The van der Waals surface area contributed by atoms with Crippen LogP contribution in [0.2, 0.25) is 0 Å². The van der Waals surface area contributed by atoms with Crippen LogP contribution in [0.1, 0.15) is 39.6 Å². The topological polar surface area (TPSA) is 41.1 Å². The van der Waals surface area contributed by atoms with Crippen LogP contribution in [0.3, 0.4) is 0 Å². The Labute approximate surface area is 266 Å². The summed E-state index contributed by atoms with van der Waals surface area (Å²) in [5, 5.41) is 9.67. The molecule has 1 atom stereocenters. The molecule has 1 aromatic heterocycles. The average Bonchev–Trinajstić information content (AvgIpc) is 2.98. The third kappa shape index (κ3) is 13.1. The van der Waals surface area contributed by atoms with E-state index < -0.39 is 0 Å². The van der Waals surface area contributed by atoms with Gasteiger partial charge < -0.3 is 10.6 Å². The standard InChI is InChI=1S/C23H25N3.2C7H7.Hf/c1-18-9-8-10-19(2)23(18)26-16-15-25-22(21-13-6-7-14-24-21)17-20-11-4-3-5-12-20;2*1-7-5-3-2-4-6-7;/h3-14,22H,15-17H2,1-2H3;2*2-6H,1H2;/q-2;2*-1;+4. The van der Waals surface area contributed by atoms with Crippen molar-refractivity contribution in [2.24, 2.45) is 0 Å². The summed E-state index contributed by atoms with van der Waals surface area (Å²) in [6.07, 6.45) is 2.70. The molecule has 0 spiro atoms. The third-order valence-electron chi connectivity index (χ3n) is 6.15. The molecule has 4 aromatic carbocycles. The summed E-state index contributed by atoms with van der Waals surface area (Å²) in [4.78, 5) is 4.52. The number of hydrogen-bond donors (Lipinski definition) is 0. The van der Waals surface area contributed by atoms with E-state index >= 15 is 0 Å². The maximum Gasteiger partial charge on any atom is 4.00 e. The Kier molecular flexibility index (Phi) is 16.0. The predicted octanol–water partition coefficient (Wildman–Crippen LogP) is 9.80. The molecule has 4 heteroatoms. The quantitative estimate of drug-likeness (QED) is 0.0902. The normalized spacial score (nSPS) is 10.5. The summed E-state index contributed by atoms with van der Waals surface area (Å²) >= 11 is 0. The summed E-state index contributed by atoms with van der Waals surface area (Å²) in [7, 11) is 0. The van der Waals surface area contributed by atoms with E-state index in [0.29, 0.717) is 13.1 Å². The SMILES string of the molecule is Cc1cccc(C)c1[N-]CC[N-]C(Cc1ccccc1)c1ccccn1.[CH2-]c1ccccc1.[CH2-]c1ccccc1.[Hf+4]. The molecule has 41 heavy (non-hydrogen) atoms. The number of benzene rings is 4. The average molecular weight is 704 g/mol. The fraction of sp³-hybridized carbons (Fsp3) is 0.162. The van der Waals surface area contributed by atoms with Crippen LogP contribution in [0.5, 0.6) is 0 Å². The van der Waals surface area contributed by atoms with Gasteiger partial charge in [-0.1, -0.05) is 83.9 Å². The molecular formula is C37H39HfN3. The van der Waals surface area contributed by atoms with Gasteiger partial charge in [0.15, 0.2) is 0 Å². The molecule has 0 saturated heterocycles. The molecule has 0 aliphatic heterocycles. The molecule has 0 radical (unpaired) electrons. The van der Waals surface area contributed by atoms with E-state index in [9.17, 15) is 0 Å². The summed E-state index contributed by atoms with van der Waals surface area (Å²) in [5.41, 5.74) is 7.97. The minimum atomic E-state index is 0. The second-order valence-corrected chi connectivity index (χ2v) is 9.46. The van der Waals surface area contributed by atoms with Gasteiger partial charge in [0.2, 0.25) is 0 Å². The minimum absolute atomic E-state index is 0. The zero-order valence-electron chi connectivity index (χ0n) is 24.2. The van der Waals surface area contributed by atoms with Gasteiger partial charge in [0.1, 0.15) is 0 Å². The maximum atomic E-state index is 4.91. The van der Waals surface area contributed by atoms with Crippen LogP contribution in [0.4, 0.5) is 5.69 Å². The molecule has 5 aromatic rings. The van der Waals surface area contributed by atoms with Gasteiger partial charge >= 0.3 is 25.8 Å². The fourth-order valence-electron chi connectivity index (χ4n) is 4.06. The van der Waals surface area contributed by atoms with Crippen molar-refractivity contribution in [1.29, 1.82) is 0 Å². The first-order chi connectivity index (χ1) is 19.5. The molecule has 5 rings (SSSR count). The Balaban J connectivity index is 0.000000319. The number of rotatable bonds is 8. The van der Waals surface area contributed by atoms with Crippen LogP contribution in [0.15, 0.2) is 134 Å². The van der Waals surface area contributed by atoms with E-state index in [4.69, 9.17) is 10.6 Å². The first-order valence-corrected chi connectivity index (χ1v) is 13.6. The zero-order chi connectivity index (χ0) is 28.4. The molecule has 0 fully saturated rings. The van der Waals surface area contributed by atoms with E-state index in [1.165, 1.54) is 16.7 Å². The van der Waals surface area contributed by atoms with Crippen molar-refractivity contribution in [2.45, 2.75) is 26.3 Å². The fourth-order valence-corrected chi connectivity index (χ4v) is 4.06. The van der Waals surface area contributed by atoms with Gasteiger partial charge in [-0.25, -0.2) is 0 Å². The number of aryl methyl sites for hydroxylation is 2. The van der Waals surface area contributed by atoms with Crippen molar-refractivity contribution in [2.75, 3.05) is 13.1 Å². The Morgan fingerprint density at radius 3 is 1.59 bits per heavy atom. The van der Waals surface area contributed by atoms with Gasteiger partial charge in [-0.05, 0) is 38.0 Å². The summed E-state index contributed by atoms with van der Waals surface area (Å²) in [5.74, 6) is 0. The molecule has 0 aliphatic rings. The molecule has 0 N–H and O–H groups in total. The van der Waals surface area contributed by atoms with Crippen molar-refractivity contribution in [3.63, 3.8) is 0 Å². The summed E-state index contributed by atoms with van der Waals surface area (Å²) in [6.45, 7) is 13.0. The second kappa shape index (κ2) is 19.5. The van der Waals surface area contributed by atoms with Crippen LogP contribution in [-0.4, -0.2) is 18.1 Å². The Bertz CT molecular complexity index is 1290. The second-order valence-electron chi connectivity index (χ2n) is 9.46. The molecule has 206 valence electrons. The van der Waals surface area contributed by atoms with E-state index in [-0.39, 0.29) is 31.9 Å². The van der Waals surface area contributed by atoms with E-state index in [2.05, 4.69) is 81.2 Å². The van der Waals surface area contributed by atoms with Gasteiger partial charge in [0.25, 0.3) is 0 Å². The molecule has 0 saturated carbocycles. The van der Waals surface area contributed by atoms with Crippen LogP contribution >= 0.6 is 0 Å². The minimum Gasteiger partial charge on any atom is -0.685 e. The number of hydrogen-bond acceptors (Lipinski definition) is 1. The molecule has 0 amide bonds. The van der Waals surface area contributed by atoms with Gasteiger partial charge in [0, 0.05) is 11.9 Å². The molecule has 3 nitrogen and oxygen atoms in total. The molecule has 0 bridgehead atoms. The van der Waals surface area contributed by atoms with Crippen LogP contribution in [-0.2, 0) is 32.3 Å². The van der Waals surface area contributed by atoms with Crippen LogP contribution in [0.25, 0.3) is 10.6 Å². The van der Waals surface area contributed by atoms with Crippen molar-refractivity contribution in [3.8, 4) is 0 Å². The maximum absolute atomic E-state index is 4.91. The van der Waals surface area contributed by atoms with Crippen LogP contribution in [0, 0.1) is 27.7 Å². The van der Waals surface area contributed by atoms with Gasteiger partial charge in [-0.3, -0.25) is 4.98 Å². The number of aromatic nitrogens is 1. The summed E-state index contributed by atoms with van der Waals surface area (Å²) < 4.78 is 0. The Hall–Kier alpha value is -3.60. The molecule has 1 heterocycles. The van der Waals surface area contributed by atoms with Gasteiger partial charge in [0.05, 0.1) is 0 Å². The molecular weight excluding hydrogens is 665 g/mol. The summed E-state index contributed by atoms with van der Waals surface area (Å²) in [6, 6.07) is 42.6. The van der Waals surface area contributed by atoms with E-state index in [1.54, 1.807) is 0 Å². The number of pyridine rings is 1. The van der Waals surface area contributed by atoms with Crippen molar-refractivity contribution >= 4 is 5.69 Å². The number of nitrogens with zero attached hydrogens (tertiary/aromatic N) is 3. The molecule has 0 aliphatic carbocycles. The van der Waals surface area contributed by atoms with E-state index in [1.807, 2.05) is 85.1 Å². The van der Waals surface area contributed by atoms with Crippen LogP contribution < -0.4 is 0 Å². The monoisotopic (exact) mass is 705 g/mol. The van der Waals surface area contributed by atoms with Crippen molar-refractivity contribution in [1.82, 2.24) is 4.98 Å². The van der Waals surface area contributed by atoms with Crippen molar-refractivity contribution < 1.29 is 25.8 Å². The zero-order valence-corrected chi connectivity index (χ0v) is 27.7. The number of para-hydroxylation sites is 1. The first-order valence-electron chi connectivity index (χ1n) is 13.6. The Morgan fingerprint density at radius 2 is 1.12 bits per heavy atom. The smallest absolute Gasteiger partial charge is 0.685 e. The Morgan fingerprint density at radius 1 is 0.610 bits per heavy atom. The molecule has 1 unspecified atom stereocenters.